The second kappa shape index (κ2) is 2.41. The van der Waals surface area contributed by atoms with Gasteiger partial charge < -0.3 is 0 Å². The Labute approximate surface area is 64.3 Å². The normalized spacial score (nSPS) is 26.8. The van der Waals surface area contributed by atoms with Gasteiger partial charge in [-0.1, -0.05) is 32.4 Å². The SMILES string of the molecule is CC1=CCC[C@H]1C(C)(C)C. The summed E-state index contributed by atoms with van der Waals surface area (Å²) < 4.78 is 0. The van der Waals surface area contributed by atoms with E-state index in [9.17, 15) is 0 Å². The zero-order chi connectivity index (χ0) is 7.78. The van der Waals surface area contributed by atoms with E-state index in [0.717, 1.165) is 5.92 Å². The van der Waals surface area contributed by atoms with Crippen molar-refractivity contribution in [2.75, 3.05) is 0 Å². The van der Waals surface area contributed by atoms with Crippen molar-refractivity contribution in [2.24, 2.45) is 11.3 Å². The molecule has 1 aliphatic rings. The lowest BCUT2D eigenvalue weighted by Gasteiger charge is -2.28. The minimum atomic E-state index is 0.483. The molecule has 1 atom stereocenters. The summed E-state index contributed by atoms with van der Waals surface area (Å²) in [5.41, 5.74) is 2.09. The molecule has 0 unspecified atom stereocenters. The molecule has 10 heavy (non-hydrogen) atoms. The molecule has 0 aromatic heterocycles. The van der Waals surface area contributed by atoms with Gasteiger partial charge in [-0.05, 0) is 31.1 Å². The summed E-state index contributed by atoms with van der Waals surface area (Å²) >= 11 is 0. The molecule has 0 saturated carbocycles. The van der Waals surface area contributed by atoms with Crippen LogP contribution < -0.4 is 0 Å². The van der Waals surface area contributed by atoms with Gasteiger partial charge in [0.25, 0.3) is 0 Å². The molecule has 0 saturated heterocycles. The molecule has 0 N–H and O–H groups in total. The summed E-state index contributed by atoms with van der Waals surface area (Å²) in [4.78, 5) is 0. The highest BCUT2D eigenvalue weighted by Gasteiger charge is 2.27. The summed E-state index contributed by atoms with van der Waals surface area (Å²) in [6, 6.07) is 0. The van der Waals surface area contributed by atoms with Crippen molar-refractivity contribution in [3.63, 3.8) is 0 Å². The first-order valence-electron chi connectivity index (χ1n) is 4.18. The predicted octanol–water partition coefficient (Wildman–Crippen LogP) is 3.39. The molecule has 0 aliphatic heterocycles. The maximum Gasteiger partial charge on any atom is -0.0154 e. The van der Waals surface area contributed by atoms with Crippen molar-refractivity contribution in [3.8, 4) is 0 Å². The lowest BCUT2D eigenvalue weighted by Crippen LogP contribution is -2.18. The zero-order valence-corrected chi connectivity index (χ0v) is 7.57. The number of rotatable bonds is 0. The molecule has 0 fully saturated rings. The summed E-state index contributed by atoms with van der Waals surface area (Å²) in [6.07, 6.45) is 5.05. The smallest absolute Gasteiger partial charge is 0.0154 e. The Morgan fingerprint density at radius 1 is 1.40 bits per heavy atom. The standard InChI is InChI=1S/C10H18/c1-8-6-5-7-9(8)10(2,3)4/h6,9H,5,7H2,1-4H3/t9-/m1/s1. The molecule has 1 rings (SSSR count). The summed E-state index contributed by atoms with van der Waals surface area (Å²) in [6.45, 7) is 9.27. The predicted molar refractivity (Wildman–Crippen MR) is 45.9 cm³/mol. The van der Waals surface area contributed by atoms with E-state index in [1.165, 1.54) is 12.8 Å². The monoisotopic (exact) mass is 138 g/mol. The van der Waals surface area contributed by atoms with Crippen LogP contribution in [0.1, 0.15) is 40.5 Å². The van der Waals surface area contributed by atoms with Gasteiger partial charge in [0, 0.05) is 0 Å². The van der Waals surface area contributed by atoms with Crippen molar-refractivity contribution in [1.29, 1.82) is 0 Å². The van der Waals surface area contributed by atoms with Crippen molar-refractivity contribution < 1.29 is 0 Å². The van der Waals surface area contributed by atoms with Crippen molar-refractivity contribution in [2.45, 2.75) is 40.5 Å². The Kier molecular flexibility index (Phi) is 1.89. The lowest BCUT2D eigenvalue weighted by molar-refractivity contribution is 0.278. The first kappa shape index (κ1) is 7.84. The van der Waals surface area contributed by atoms with Crippen LogP contribution >= 0.6 is 0 Å². The molecule has 0 nitrogen and oxygen atoms in total. The number of allylic oxidation sites excluding steroid dienone is 2. The fraction of sp³-hybridized carbons (Fsp3) is 0.800. The summed E-state index contributed by atoms with van der Waals surface area (Å²) in [5, 5.41) is 0. The highest BCUT2D eigenvalue weighted by molar-refractivity contribution is 5.12. The van der Waals surface area contributed by atoms with Gasteiger partial charge in [0.1, 0.15) is 0 Å². The fourth-order valence-electron chi connectivity index (χ4n) is 1.96. The molecule has 0 aromatic carbocycles. The van der Waals surface area contributed by atoms with Gasteiger partial charge >= 0.3 is 0 Å². The Morgan fingerprint density at radius 2 is 2.00 bits per heavy atom. The van der Waals surface area contributed by atoms with Crippen LogP contribution in [0.5, 0.6) is 0 Å². The maximum atomic E-state index is 2.38. The zero-order valence-electron chi connectivity index (χ0n) is 7.57. The van der Waals surface area contributed by atoms with Crippen LogP contribution in [-0.2, 0) is 0 Å². The Bertz CT molecular complexity index is 146. The van der Waals surface area contributed by atoms with Gasteiger partial charge in [-0.3, -0.25) is 0 Å². The van der Waals surface area contributed by atoms with Gasteiger partial charge in [0.05, 0.1) is 0 Å². The molecular formula is C10H18. The second-order valence-corrected chi connectivity index (χ2v) is 4.44. The summed E-state index contributed by atoms with van der Waals surface area (Å²) in [5.74, 6) is 0.840. The third-order valence-electron chi connectivity index (χ3n) is 2.52. The third kappa shape index (κ3) is 1.42. The van der Waals surface area contributed by atoms with Gasteiger partial charge in [-0.15, -0.1) is 0 Å². The molecule has 0 heterocycles. The highest BCUT2D eigenvalue weighted by atomic mass is 14.3. The number of hydrogen-bond acceptors (Lipinski definition) is 0. The lowest BCUT2D eigenvalue weighted by atomic mass is 9.77. The largest absolute Gasteiger partial charge is 0.0853 e. The Hall–Kier alpha value is -0.260. The minimum absolute atomic E-state index is 0.483. The van der Waals surface area contributed by atoms with Gasteiger partial charge in [0.15, 0.2) is 0 Å². The van der Waals surface area contributed by atoms with Crippen molar-refractivity contribution in [3.05, 3.63) is 11.6 Å². The molecule has 0 radical (unpaired) electrons. The van der Waals surface area contributed by atoms with Gasteiger partial charge in [0.2, 0.25) is 0 Å². The van der Waals surface area contributed by atoms with Crippen molar-refractivity contribution in [1.82, 2.24) is 0 Å². The van der Waals surface area contributed by atoms with E-state index in [1.54, 1.807) is 5.57 Å². The van der Waals surface area contributed by atoms with Crippen LogP contribution in [0.3, 0.4) is 0 Å². The topological polar surface area (TPSA) is 0 Å². The van der Waals surface area contributed by atoms with Crippen LogP contribution in [0.25, 0.3) is 0 Å². The third-order valence-corrected chi connectivity index (χ3v) is 2.52. The highest BCUT2D eigenvalue weighted by Crippen LogP contribution is 2.39. The fourth-order valence-corrected chi connectivity index (χ4v) is 1.96. The van der Waals surface area contributed by atoms with E-state index >= 15 is 0 Å². The van der Waals surface area contributed by atoms with Crippen LogP contribution in [0.15, 0.2) is 11.6 Å². The van der Waals surface area contributed by atoms with Crippen LogP contribution in [0.2, 0.25) is 0 Å². The van der Waals surface area contributed by atoms with E-state index < -0.39 is 0 Å². The minimum Gasteiger partial charge on any atom is -0.0853 e. The van der Waals surface area contributed by atoms with E-state index in [0.29, 0.717) is 5.41 Å². The maximum absolute atomic E-state index is 2.38. The van der Waals surface area contributed by atoms with Gasteiger partial charge in [-0.25, -0.2) is 0 Å². The Morgan fingerprint density at radius 3 is 2.20 bits per heavy atom. The molecule has 0 spiro atoms. The number of hydrogen-bond donors (Lipinski definition) is 0. The van der Waals surface area contributed by atoms with E-state index in [-0.39, 0.29) is 0 Å². The quantitative estimate of drug-likeness (QED) is 0.450. The second-order valence-electron chi connectivity index (χ2n) is 4.44. The van der Waals surface area contributed by atoms with Crippen LogP contribution in [0.4, 0.5) is 0 Å². The Balaban J connectivity index is 2.67. The molecular weight excluding hydrogens is 120 g/mol. The first-order chi connectivity index (χ1) is 4.52. The van der Waals surface area contributed by atoms with E-state index in [2.05, 4.69) is 33.8 Å². The average Bonchev–Trinajstić information content (AvgIpc) is 2.11. The molecule has 0 bridgehead atoms. The van der Waals surface area contributed by atoms with E-state index in [4.69, 9.17) is 0 Å². The van der Waals surface area contributed by atoms with Gasteiger partial charge in [-0.2, -0.15) is 0 Å². The molecule has 0 heteroatoms. The van der Waals surface area contributed by atoms with Crippen LogP contribution in [0, 0.1) is 11.3 Å². The van der Waals surface area contributed by atoms with Crippen LogP contribution in [-0.4, -0.2) is 0 Å². The average molecular weight is 138 g/mol. The molecule has 0 aromatic rings. The van der Waals surface area contributed by atoms with Crippen molar-refractivity contribution >= 4 is 0 Å². The molecule has 58 valence electrons. The molecule has 1 aliphatic carbocycles. The first-order valence-corrected chi connectivity index (χ1v) is 4.18. The molecule has 0 amide bonds. The summed E-state index contributed by atoms with van der Waals surface area (Å²) in [7, 11) is 0. The van der Waals surface area contributed by atoms with E-state index in [1.807, 2.05) is 0 Å².